The molecule has 2 aromatic carbocycles. The molecular weight excluding hydrogens is 269 g/mol. The summed E-state index contributed by atoms with van der Waals surface area (Å²) in [7, 11) is 0. The monoisotopic (exact) mass is 279 g/mol. The minimum atomic E-state index is -0.229. The van der Waals surface area contributed by atoms with Crippen LogP contribution in [0.15, 0.2) is 48.5 Å². The molecule has 1 N–H and O–H groups in total. The highest BCUT2D eigenvalue weighted by Gasteiger charge is 2.10. The average molecular weight is 280 g/mol. The van der Waals surface area contributed by atoms with E-state index in [1.807, 2.05) is 30.3 Å². The Labute approximate surface area is 116 Å². The van der Waals surface area contributed by atoms with E-state index in [2.05, 4.69) is 5.32 Å². The van der Waals surface area contributed by atoms with Crippen LogP contribution in [0.3, 0.4) is 0 Å². The van der Waals surface area contributed by atoms with E-state index in [4.69, 9.17) is 23.2 Å². The molecule has 2 aromatic rings. The Kier molecular flexibility index (Phi) is 4.24. The molecule has 0 fully saturated rings. The fourth-order valence-corrected chi connectivity index (χ4v) is 2.00. The van der Waals surface area contributed by atoms with Crippen molar-refractivity contribution in [2.24, 2.45) is 0 Å². The number of para-hydroxylation sites is 1. The van der Waals surface area contributed by atoms with Crippen LogP contribution in [-0.2, 0) is 5.88 Å². The van der Waals surface area contributed by atoms with Crippen LogP contribution in [0.25, 0.3) is 0 Å². The normalized spacial score (nSPS) is 10.1. The number of carbonyl (C=O) groups excluding carboxylic acids is 1. The molecule has 2 rings (SSSR count). The third-order valence-corrected chi connectivity index (χ3v) is 3.09. The van der Waals surface area contributed by atoms with E-state index in [0.29, 0.717) is 16.5 Å². The van der Waals surface area contributed by atoms with Gasteiger partial charge >= 0.3 is 0 Å². The van der Waals surface area contributed by atoms with Crippen molar-refractivity contribution in [3.63, 3.8) is 0 Å². The molecule has 0 unspecified atom stereocenters. The fraction of sp³-hybridized carbons (Fsp3) is 0.0714. The second-order valence-electron chi connectivity index (χ2n) is 3.77. The van der Waals surface area contributed by atoms with Gasteiger partial charge in [-0.15, -0.1) is 11.6 Å². The lowest BCUT2D eigenvalue weighted by Gasteiger charge is -2.07. The van der Waals surface area contributed by atoms with Gasteiger partial charge in [0.05, 0.1) is 10.6 Å². The van der Waals surface area contributed by atoms with Crippen molar-refractivity contribution in [3.8, 4) is 0 Å². The predicted octanol–water partition coefficient (Wildman–Crippen LogP) is 4.33. The number of benzene rings is 2. The van der Waals surface area contributed by atoms with Crippen LogP contribution < -0.4 is 5.32 Å². The summed E-state index contributed by atoms with van der Waals surface area (Å²) in [4.78, 5) is 12.0. The van der Waals surface area contributed by atoms with E-state index < -0.39 is 0 Å². The number of nitrogens with one attached hydrogen (secondary N) is 1. The molecule has 0 spiro atoms. The van der Waals surface area contributed by atoms with Gasteiger partial charge in [-0.05, 0) is 29.8 Å². The lowest BCUT2D eigenvalue weighted by Crippen LogP contribution is -2.12. The van der Waals surface area contributed by atoms with Crippen LogP contribution in [0.2, 0.25) is 5.02 Å². The van der Waals surface area contributed by atoms with Crippen LogP contribution in [0.5, 0.6) is 0 Å². The van der Waals surface area contributed by atoms with Crippen LogP contribution in [0.4, 0.5) is 5.69 Å². The first-order chi connectivity index (χ1) is 8.70. The Balaban J connectivity index is 2.19. The lowest BCUT2D eigenvalue weighted by molar-refractivity contribution is 0.102. The van der Waals surface area contributed by atoms with E-state index >= 15 is 0 Å². The van der Waals surface area contributed by atoms with Gasteiger partial charge in [-0.25, -0.2) is 0 Å². The molecular formula is C14H11Cl2NO. The molecule has 18 heavy (non-hydrogen) atoms. The van der Waals surface area contributed by atoms with Gasteiger partial charge in [0.1, 0.15) is 0 Å². The third-order valence-electron chi connectivity index (χ3n) is 2.46. The summed E-state index contributed by atoms with van der Waals surface area (Å²) < 4.78 is 0. The van der Waals surface area contributed by atoms with Gasteiger partial charge in [-0.2, -0.15) is 0 Å². The molecule has 0 bridgehead atoms. The van der Waals surface area contributed by atoms with Crippen molar-refractivity contribution < 1.29 is 4.79 Å². The molecule has 0 saturated carbocycles. The van der Waals surface area contributed by atoms with E-state index in [1.165, 1.54) is 0 Å². The number of carbonyl (C=O) groups is 1. The van der Waals surface area contributed by atoms with Crippen molar-refractivity contribution in [2.45, 2.75) is 5.88 Å². The molecule has 92 valence electrons. The summed E-state index contributed by atoms with van der Waals surface area (Å²) in [6.45, 7) is 0. The van der Waals surface area contributed by atoms with Gasteiger partial charge in [0.25, 0.3) is 5.91 Å². The molecule has 0 radical (unpaired) electrons. The van der Waals surface area contributed by atoms with E-state index in [9.17, 15) is 4.79 Å². The predicted molar refractivity (Wildman–Crippen MR) is 75.4 cm³/mol. The largest absolute Gasteiger partial charge is 0.322 e. The molecule has 0 aromatic heterocycles. The van der Waals surface area contributed by atoms with Crippen molar-refractivity contribution in [1.29, 1.82) is 0 Å². The minimum absolute atomic E-state index is 0.229. The number of halogens is 2. The SMILES string of the molecule is O=C(Nc1ccccc1)c1ccc(CCl)cc1Cl. The van der Waals surface area contributed by atoms with Crippen LogP contribution in [0, 0.1) is 0 Å². The first-order valence-corrected chi connectivity index (χ1v) is 6.33. The molecule has 1 amide bonds. The third kappa shape index (κ3) is 3.03. The first kappa shape index (κ1) is 12.9. The molecule has 0 atom stereocenters. The Morgan fingerprint density at radius 1 is 1.11 bits per heavy atom. The summed E-state index contributed by atoms with van der Waals surface area (Å²) in [5.41, 5.74) is 2.06. The molecule has 0 aliphatic heterocycles. The van der Waals surface area contributed by atoms with Crippen LogP contribution in [0.1, 0.15) is 15.9 Å². The zero-order chi connectivity index (χ0) is 13.0. The highest BCUT2D eigenvalue weighted by Crippen LogP contribution is 2.20. The van der Waals surface area contributed by atoms with Crippen LogP contribution in [-0.4, -0.2) is 5.91 Å². The maximum Gasteiger partial charge on any atom is 0.257 e. The summed E-state index contributed by atoms with van der Waals surface area (Å²) in [5.74, 6) is 0.146. The van der Waals surface area contributed by atoms with E-state index in [-0.39, 0.29) is 5.91 Å². The van der Waals surface area contributed by atoms with Gasteiger partial charge in [0.15, 0.2) is 0 Å². The number of hydrogen-bond acceptors (Lipinski definition) is 1. The Morgan fingerprint density at radius 2 is 1.83 bits per heavy atom. The minimum Gasteiger partial charge on any atom is -0.322 e. The average Bonchev–Trinajstić information content (AvgIpc) is 2.39. The molecule has 0 heterocycles. The zero-order valence-corrected chi connectivity index (χ0v) is 11.0. The highest BCUT2D eigenvalue weighted by molar-refractivity contribution is 6.34. The summed E-state index contributed by atoms with van der Waals surface area (Å²) >= 11 is 11.8. The van der Waals surface area contributed by atoms with Crippen molar-refractivity contribution in [1.82, 2.24) is 0 Å². The fourth-order valence-electron chi connectivity index (χ4n) is 1.55. The number of alkyl halides is 1. The maximum atomic E-state index is 12.0. The second-order valence-corrected chi connectivity index (χ2v) is 4.44. The maximum absolute atomic E-state index is 12.0. The van der Waals surface area contributed by atoms with Crippen LogP contribution >= 0.6 is 23.2 Å². The Morgan fingerprint density at radius 3 is 2.44 bits per heavy atom. The van der Waals surface area contributed by atoms with E-state index in [1.54, 1.807) is 18.2 Å². The summed E-state index contributed by atoms with van der Waals surface area (Å²) in [6, 6.07) is 14.4. The van der Waals surface area contributed by atoms with Gasteiger partial charge in [-0.3, -0.25) is 4.79 Å². The van der Waals surface area contributed by atoms with Gasteiger partial charge < -0.3 is 5.32 Å². The topological polar surface area (TPSA) is 29.1 Å². The molecule has 0 saturated heterocycles. The van der Waals surface area contributed by atoms with E-state index in [0.717, 1.165) is 11.3 Å². The number of rotatable bonds is 3. The molecule has 0 aliphatic carbocycles. The van der Waals surface area contributed by atoms with Crippen molar-refractivity contribution in [2.75, 3.05) is 5.32 Å². The smallest absolute Gasteiger partial charge is 0.257 e. The van der Waals surface area contributed by atoms with Gasteiger partial charge in [0.2, 0.25) is 0 Å². The summed E-state index contributed by atoms with van der Waals surface area (Å²) in [5, 5.41) is 3.18. The molecule has 2 nitrogen and oxygen atoms in total. The number of amides is 1. The Hall–Kier alpha value is -1.51. The zero-order valence-electron chi connectivity index (χ0n) is 9.49. The van der Waals surface area contributed by atoms with Crippen molar-refractivity contribution in [3.05, 3.63) is 64.7 Å². The lowest BCUT2D eigenvalue weighted by atomic mass is 10.1. The number of anilines is 1. The highest BCUT2D eigenvalue weighted by atomic mass is 35.5. The Bertz CT molecular complexity index is 555. The molecule has 4 heteroatoms. The second kappa shape index (κ2) is 5.89. The standard InChI is InChI=1S/C14H11Cl2NO/c15-9-10-6-7-12(13(16)8-10)14(18)17-11-4-2-1-3-5-11/h1-8H,9H2,(H,17,18). The number of hydrogen-bond donors (Lipinski definition) is 1. The van der Waals surface area contributed by atoms with Crippen molar-refractivity contribution >= 4 is 34.8 Å². The quantitative estimate of drug-likeness (QED) is 0.833. The molecule has 0 aliphatic rings. The van der Waals surface area contributed by atoms with Gasteiger partial charge in [0, 0.05) is 11.6 Å². The first-order valence-electron chi connectivity index (χ1n) is 5.41. The van der Waals surface area contributed by atoms with Gasteiger partial charge in [-0.1, -0.05) is 35.9 Å². The summed E-state index contributed by atoms with van der Waals surface area (Å²) in [6.07, 6.45) is 0.